The number of benzene rings is 5. The topological polar surface area (TPSA) is 0 Å². The first-order valence-electron chi connectivity index (χ1n) is 9.72. The minimum Gasteiger partial charge on any atom is -0.0843 e. The maximum atomic E-state index is 6.03. The summed E-state index contributed by atoms with van der Waals surface area (Å²) in [5.41, 5.74) is 7.35. The summed E-state index contributed by atoms with van der Waals surface area (Å²) < 4.78 is 0. The van der Waals surface area contributed by atoms with E-state index < -0.39 is 0 Å². The van der Waals surface area contributed by atoms with Gasteiger partial charge in [-0.25, -0.2) is 0 Å². The number of hydrogen-bond donors (Lipinski definition) is 0. The average molecular weight is 391 g/mol. The molecule has 0 atom stereocenters. The summed E-state index contributed by atoms with van der Waals surface area (Å²) in [6.45, 7) is 0. The molecule has 0 heterocycles. The van der Waals surface area contributed by atoms with Crippen LogP contribution in [0.4, 0.5) is 0 Å². The molecule has 1 heteroatoms. The molecule has 0 saturated carbocycles. The molecule has 0 bridgehead atoms. The van der Waals surface area contributed by atoms with Crippen molar-refractivity contribution in [3.05, 3.63) is 120 Å². The van der Waals surface area contributed by atoms with Crippen molar-refractivity contribution < 1.29 is 0 Å². The molecule has 0 unspecified atom stereocenters. The maximum Gasteiger partial charge on any atom is 0.0406 e. The van der Waals surface area contributed by atoms with Crippen molar-refractivity contribution in [1.82, 2.24) is 0 Å². The Kier molecular flexibility index (Phi) is 4.63. The van der Waals surface area contributed by atoms with E-state index in [4.69, 9.17) is 11.6 Å². The molecule has 0 N–H and O–H groups in total. The summed E-state index contributed by atoms with van der Waals surface area (Å²) in [4.78, 5) is 0. The first-order chi connectivity index (χ1) is 14.3. The van der Waals surface area contributed by atoms with Gasteiger partial charge in [0.15, 0.2) is 0 Å². The van der Waals surface area contributed by atoms with Gasteiger partial charge in [-0.2, -0.15) is 0 Å². The maximum absolute atomic E-state index is 6.03. The van der Waals surface area contributed by atoms with E-state index in [2.05, 4.69) is 103 Å². The van der Waals surface area contributed by atoms with Crippen LogP contribution in [0.1, 0.15) is 0 Å². The second kappa shape index (κ2) is 7.58. The molecule has 0 aliphatic rings. The summed E-state index contributed by atoms with van der Waals surface area (Å²) in [7, 11) is 0. The first kappa shape index (κ1) is 17.7. The third kappa shape index (κ3) is 3.55. The predicted octanol–water partition coefficient (Wildman–Crippen LogP) is 8.49. The van der Waals surface area contributed by atoms with Gasteiger partial charge in [0.05, 0.1) is 0 Å². The van der Waals surface area contributed by atoms with Crippen molar-refractivity contribution in [2.75, 3.05) is 0 Å². The minimum absolute atomic E-state index is 0.760. The third-order valence-corrected chi connectivity index (χ3v) is 5.59. The highest BCUT2D eigenvalue weighted by Crippen LogP contribution is 2.34. The molecule has 0 spiro atoms. The van der Waals surface area contributed by atoms with Crippen LogP contribution in [0.15, 0.2) is 115 Å². The molecule has 138 valence electrons. The molecule has 0 saturated heterocycles. The molecule has 29 heavy (non-hydrogen) atoms. The van der Waals surface area contributed by atoms with E-state index in [9.17, 15) is 0 Å². The Hall–Kier alpha value is -3.35. The van der Waals surface area contributed by atoms with Crippen LogP contribution in [-0.2, 0) is 0 Å². The van der Waals surface area contributed by atoms with Crippen molar-refractivity contribution in [2.45, 2.75) is 0 Å². The fourth-order valence-corrected chi connectivity index (χ4v) is 3.97. The lowest BCUT2D eigenvalue weighted by Crippen LogP contribution is -1.86. The summed E-state index contributed by atoms with van der Waals surface area (Å²) >= 11 is 6.03. The highest BCUT2D eigenvalue weighted by Gasteiger charge is 2.08. The van der Waals surface area contributed by atoms with E-state index in [0.29, 0.717) is 0 Å². The summed E-state index contributed by atoms with van der Waals surface area (Å²) in [5, 5.41) is 3.23. The van der Waals surface area contributed by atoms with Gasteiger partial charge in [-0.15, -0.1) is 0 Å². The van der Waals surface area contributed by atoms with Gasteiger partial charge in [-0.05, 0) is 68.4 Å². The fourth-order valence-electron chi connectivity index (χ4n) is 3.84. The molecule has 0 amide bonds. The zero-order valence-corrected chi connectivity index (χ0v) is 16.6. The molecule has 5 aromatic rings. The van der Waals surface area contributed by atoms with E-state index in [0.717, 1.165) is 5.02 Å². The van der Waals surface area contributed by atoms with E-state index in [-0.39, 0.29) is 0 Å². The Balaban J connectivity index is 1.58. The second-order valence-electron chi connectivity index (χ2n) is 7.20. The van der Waals surface area contributed by atoms with Crippen LogP contribution in [0.5, 0.6) is 0 Å². The smallest absolute Gasteiger partial charge is 0.0406 e. The van der Waals surface area contributed by atoms with Crippen LogP contribution in [0, 0.1) is 0 Å². The van der Waals surface area contributed by atoms with Crippen molar-refractivity contribution in [2.24, 2.45) is 0 Å². The molecule has 0 nitrogen and oxygen atoms in total. The Morgan fingerprint density at radius 1 is 0.379 bits per heavy atom. The largest absolute Gasteiger partial charge is 0.0843 e. The quantitative estimate of drug-likeness (QED) is 0.289. The van der Waals surface area contributed by atoms with E-state index in [1.54, 1.807) is 0 Å². The molecule has 0 radical (unpaired) electrons. The normalized spacial score (nSPS) is 10.9. The monoisotopic (exact) mass is 390 g/mol. The van der Waals surface area contributed by atoms with Crippen LogP contribution < -0.4 is 0 Å². The lowest BCUT2D eigenvalue weighted by atomic mass is 9.92. The zero-order valence-electron chi connectivity index (χ0n) is 15.8. The van der Waals surface area contributed by atoms with Crippen molar-refractivity contribution in [3.8, 4) is 33.4 Å². The molecule has 5 aromatic carbocycles. The third-order valence-electron chi connectivity index (χ3n) is 5.34. The molecule has 5 rings (SSSR count). The van der Waals surface area contributed by atoms with Gasteiger partial charge < -0.3 is 0 Å². The summed E-state index contributed by atoms with van der Waals surface area (Å²) in [6.07, 6.45) is 0. The van der Waals surface area contributed by atoms with Crippen LogP contribution in [0.25, 0.3) is 44.2 Å². The average Bonchev–Trinajstić information content (AvgIpc) is 2.79. The van der Waals surface area contributed by atoms with Crippen molar-refractivity contribution in [3.63, 3.8) is 0 Å². The van der Waals surface area contributed by atoms with Crippen LogP contribution in [0.2, 0.25) is 5.02 Å². The van der Waals surface area contributed by atoms with E-state index in [1.807, 2.05) is 12.1 Å². The molecule has 0 aromatic heterocycles. The van der Waals surface area contributed by atoms with Gasteiger partial charge in [0.25, 0.3) is 0 Å². The number of rotatable bonds is 3. The minimum atomic E-state index is 0.760. The Bertz CT molecular complexity index is 1290. The Morgan fingerprint density at radius 2 is 0.897 bits per heavy atom. The molecule has 0 aliphatic heterocycles. The SMILES string of the molecule is Clc1ccc(-c2ccc3cc(-c4ccccc4-c4ccccc4)ccc3c2)cc1. The van der Waals surface area contributed by atoms with Crippen LogP contribution in [-0.4, -0.2) is 0 Å². The second-order valence-corrected chi connectivity index (χ2v) is 7.63. The predicted molar refractivity (Wildman–Crippen MR) is 125 cm³/mol. The number of halogens is 1. The number of hydrogen-bond acceptors (Lipinski definition) is 0. The molecular weight excluding hydrogens is 372 g/mol. The van der Waals surface area contributed by atoms with Crippen LogP contribution >= 0.6 is 11.6 Å². The zero-order chi connectivity index (χ0) is 19.6. The van der Waals surface area contributed by atoms with E-state index >= 15 is 0 Å². The fraction of sp³-hybridized carbons (Fsp3) is 0. The van der Waals surface area contributed by atoms with Gasteiger partial charge in [-0.1, -0.05) is 103 Å². The Morgan fingerprint density at radius 3 is 1.59 bits per heavy atom. The van der Waals surface area contributed by atoms with Gasteiger partial charge in [-0.3, -0.25) is 0 Å². The molecular formula is C28H19Cl. The van der Waals surface area contributed by atoms with Crippen LogP contribution in [0.3, 0.4) is 0 Å². The summed E-state index contributed by atoms with van der Waals surface area (Å²) in [6, 6.07) is 40.5. The first-order valence-corrected chi connectivity index (χ1v) is 10.1. The van der Waals surface area contributed by atoms with Crippen molar-refractivity contribution >= 4 is 22.4 Å². The lowest BCUT2D eigenvalue weighted by molar-refractivity contribution is 1.59. The highest BCUT2D eigenvalue weighted by atomic mass is 35.5. The van der Waals surface area contributed by atoms with Gasteiger partial charge in [0.2, 0.25) is 0 Å². The molecule has 0 aliphatic carbocycles. The number of fused-ring (bicyclic) bond motifs is 1. The Labute approximate surface area is 176 Å². The van der Waals surface area contributed by atoms with Gasteiger partial charge in [0.1, 0.15) is 0 Å². The standard InChI is InChI=1S/C28H19Cl/c29-26-16-14-20(15-17-26)22-10-11-24-19-25(13-12-23(24)18-22)28-9-5-4-8-27(28)21-6-2-1-3-7-21/h1-19H. The molecule has 0 fully saturated rings. The van der Waals surface area contributed by atoms with E-state index in [1.165, 1.54) is 44.2 Å². The highest BCUT2D eigenvalue weighted by molar-refractivity contribution is 6.30. The summed E-state index contributed by atoms with van der Waals surface area (Å²) in [5.74, 6) is 0. The lowest BCUT2D eigenvalue weighted by Gasteiger charge is -2.12. The van der Waals surface area contributed by atoms with Crippen molar-refractivity contribution in [1.29, 1.82) is 0 Å². The van der Waals surface area contributed by atoms with Gasteiger partial charge in [0, 0.05) is 5.02 Å². The van der Waals surface area contributed by atoms with Gasteiger partial charge >= 0.3 is 0 Å².